The van der Waals surface area contributed by atoms with Crippen molar-refractivity contribution >= 4 is 22.4 Å². The average Bonchev–Trinajstić information content (AvgIpc) is 1.49. The van der Waals surface area contributed by atoms with Gasteiger partial charge in [-0.05, 0) is 0 Å². The predicted molar refractivity (Wildman–Crippen MR) is 60.3 cm³/mol. The minimum absolute atomic E-state index is 0. The predicted octanol–water partition coefficient (Wildman–Crippen LogP) is -0.379. The van der Waals surface area contributed by atoms with Crippen LogP contribution in [0.4, 0.5) is 0 Å². The zero-order valence-electron chi connectivity index (χ0n) is 11.4. The molecule has 0 rings (SSSR count). The first kappa shape index (κ1) is 16.0. The standard InChI is InChI=1S/C8H21NOSi2.Li.H/c1-8(10)9(11(2,3)4)12(5,6)7;;/h1-7H3;;/q;+1;-1. The van der Waals surface area contributed by atoms with Crippen molar-refractivity contribution in [1.82, 2.24) is 4.23 Å². The molecular weight excluding hydrogens is 189 g/mol. The van der Waals surface area contributed by atoms with Gasteiger partial charge in [-0.2, -0.15) is 0 Å². The number of hydrogen-bond donors (Lipinski definition) is 0. The quantitative estimate of drug-likeness (QED) is 0.570. The minimum Gasteiger partial charge on any atom is -1.00 e. The molecule has 0 saturated carbocycles. The Labute approximate surface area is 97.9 Å². The maximum atomic E-state index is 11.4. The van der Waals surface area contributed by atoms with Gasteiger partial charge in [0.05, 0.1) is 0 Å². The summed E-state index contributed by atoms with van der Waals surface area (Å²) in [7, 11) is -2.88. The van der Waals surface area contributed by atoms with Crippen LogP contribution in [0.5, 0.6) is 0 Å². The third kappa shape index (κ3) is 5.06. The van der Waals surface area contributed by atoms with Crippen molar-refractivity contribution in [3.8, 4) is 0 Å². The smallest absolute Gasteiger partial charge is 1.00 e. The molecule has 0 saturated heterocycles. The zero-order valence-corrected chi connectivity index (χ0v) is 12.4. The molecule has 0 aliphatic carbocycles. The molecule has 0 bridgehead atoms. The fraction of sp³-hybridized carbons (Fsp3) is 0.875. The molecule has 0 radical (unpaired) electrons. The second kappa shape index (κ2) is 4.83. The third-order valence-electron chi connectivity index (χ3n) is 1.66. The molecule has 2 nitrogen and oxygen atoms in total. The summed E-state index contributed by atoms with van der Waals surface area (Å²) in [4.78, 5) is 11.4. The molecule has 0 aromatic carbocycles. The molecule has 0 aromatic rings. The van der Waals surface area contributed by atoms with Crippen molar-refractivity contribution in [1.29, 1.82) is 0 Å². The largest absolute Gasteiger partial charge is 1.00 e. The van der Waals surface area contributed by atoms with E-state index in [1.165, 1.54) is 0 Å². The van der Waals surface area contributed by atoms with Crippen LogP contribution >= 0.6 is 0 Å². The van der Waals surface area contributed by atoms with Crippen LogP contribution in [-0.2, 0) is 4.79 Å². The second-order valence-corrected chi connectivity index (χ2v) is 15.2. The van der Waals surface area contributed by atoms with Gasteiger partial charge in [0, 0.05) is 6.92 Å². The van der Waals surface area contributed by atoms with Gasteiger partial charge in [-0.15, -0.1) is 0 Å². The summed E-state index contributed by atoms with van der Waals surface area (Å²) in [6.07, 6.45) is 0. The molecule has 0 fully saturated rings. The van der Waals surface area contributed by atoms with Gasteiger partial charge in [0.25, 0.3) is 0 Å². The number of nitrogens with zero attached hydrogens (tertiary/aromatic N) is 1. The normalized spacial score (nSPS) is 11.9. The van der Waals surface area contributed by atoms with E-state index in [0.717, 1.165) is 0 Å². The summed E-state index contributed by atoms with van der Waals surface area (Å²) in [5.74, 6) is 0.258. The van der Waals surface area contributed by atoms with Gasteiger partial charge in [0.15, 0.2) is 0 Å². The number of hydrogen-bond acceptors (Lipinski definition) is 1. The summed E-state index contributed by atoms with van der Waals surface area (Å²) >= 11 is 0. The monoisotopic (exact) mass is 211 g/mol. The molecule has 5 heteroatoms. The molecule has 0 heterocycles. The van der Waals surface area contributed by atoms with Gasteiger partial charge >= 0.3 is 18.9 Å². The van der Waals surface area contributed by atoms with Crippen molar-refractivity contribution in [3.05, 3.63) is 0 Å². The van der Waals surface area contributed by atoms with Gasteiger partial charge in [-0.25, -0.2) is 0 Å². The van der Waals surface area contributed by atoms with Crippen LogP contribution in [0.2, 0.25) is 39.3 Å². The summed E-state index contributed by atoms with van der Waals surface area (Å²) < 4.78 is 2.18. The SMILES string of the molecule is CC(=O)N([Si](C)(C)C)[Si](C)(C)C.[H-].[Li+]. The van der Waals surface area contributed by atoms with E-state index in [4.69, 9.17) is 0 Å². The van der Waals surface area contributed by atoms with Crippen LogP contribution in [0.3, 0.4) is 0 Å². The van der Waals surface area contributed by atoms with Gasteiger partial charge in [-0.3, -0.25) is 4.79 Å². The van der Waals surface area contributed by atoms with E-state index in [1.54, 1.807) is 6.92 Å². The molecule has 0 N–H and O–H groups in total. The van der Waals surface area contributed by atoms with E-state index in [9.17, 15) is 4.79 Å². The van der Waals surface area contributed by atoms with Crippen molar-refractivity contribution in [2.75, 3.05) is 0 Å². The van der Waals surface area contributed by atoms with E-state index in [2.05, 4.69) is 43.5 Å². The summed E-state index contributed by atoms with van der Waals surface area (Å²) in [6.45, 7) is 15.1. The summed E-state index contributed by atoms with van der Waals surface area (Å²) in [5.41, 5.74) is 0. The van der Waals surface area contributed by atoms with Crippen LogP contribution in [0.15, 0.2) is 0 Å². The maximum Gasteiger partial charge on any atom is 1.00 e. The van der Waals surface area contributed by atoms with E-state index >= 15 is 0 Å². The van der Waals surface area contributed by atoms with Crippen LogP contribution in [0, 0.1) is 0 Å². The average molecular weight is 211 g/mol. The third-order valence-corrected chi connectivity index (χ3v) is 8.99. The summed E-state index contributed by atoms with van der Waals surface area (Å²) in [5, 5.41) is 0. The Morgan fingerprint density at radius 1 is 1.00 bits per heavy atom. The van der Waals surface area contributed by atoms with Crippen LogP contribution < -0.4 is 18.9 Å². The first-order chi connectivity index (χ1) is 5.07. The minimum atomic E-state index is -1.44. The molecule has 74 valence electrons. The molecule has 1 amide bonds. The molecular formula is C8H22LiNOSi2. The fourth-order valence-electron chi connectivity index (χ4n) is 1.95. The number of carbonyl (C=O) groups excluding carboxylic acids is 1. The number of carbonyl (C=O) groups is 1. The first-order valence-corrected chi connectivity index (χ1v) is 11.3. The van der Waals surface area contributed by atoms with Crippen molar-refractivity contribution in [3.63, 3.8) is 0 Å². The Kier molecular flexibility index (Phi) is 5.93. The van der Waals surface area contributed by atoms with Gasteiger partial charge in [-0.1, -0.05) is 39.3 Å². The molecule has 0 atom stereocenters. The van der Waals surface area contributed by atoms with Gasteiger partial charge in [0.2, 0.25) is 5.91 Å². The van der Waals surface area contributed by atoms with Gasteiger partial charge < -0.3 is 5.66 Å². The number of amides is 1. The van der Waals surface area contributed by atoms with Gasteiger partial charge in [0.1, 0.15) is 16.5 Å². The molecule has 13 heavy (non-hydrogen) atoms. The summed E-state index contributed by atoms with van der Waals surface area (Å²) in [6, 6.07) is 0. The molecule has 0 aromatic heterocycles. The molecule has 0 unspecified atom stereocenters. The Morgan fingerprint density at radius 3 is 1.23 bits per heavy atom. The van der Waals surface area contributed by atoms with Crippen LogP contribution in [0.25, 0.3) is 0 Å². The maximum absolute atomic E-state index is 11.4. The zero-order chi connectivity index (χ0) is 10.2. The Hall–Kier alpha value is 0.501. The molecule has 0 aliphatic heterocycles. The van der Waals surface area contributed by atoms with Crippen molar-refractivity contribution in [2.45, 2.75) is 46.2 Å². The van der Waals surface area contributed by atoms with E-state index in [0.29, 0.717) is 0 Å². The van der Waals surface area contributed by atoms with E-state index in [-0.39, 0.29) is 26.2 Å². The Balaban J connectivity index is -0.000000605. The fourth-order valence-corrected chi connectivity index (χ4v) is 11.9. The Morgan fingerprint density at radius 2 is 1.23 bits per heavy atom. The van der Waals surface area contributed by atoms with E-state index in [1.807, 2.05) is 0 Å². The second-order valence-electron chi connectivity index (χ2n) is 5.20. The molecule has 0 spiro atoms. The van der Waals surface area contributed by atoms with Crippen molar-refractivity contribution < 1.29 is 25.1 Å². The van der Waals surface area contributed by atoms with Crippen LogP contribution in [-0.4, -0.2) is 26.6 Å². The van der Waals surface area contributed by atoms with E-state index < -0.39 is 16.5 Å². The first-order valence-electron chi connectivity index (χ1n) is 4.37. The van der Waals surface area contributed by atoms with Crippen molar-refractivity contribution in [2.24, 2.45) is 0 Å². The number of rotatable bonds is 2. The Bertz CT molecular complexity index is 175. The van der Waals surface area contributed by atoms with Crippen LogP contribution in [0.1, 0.15) is 8.35 Å². The topological polar surface area (TPSA) is 20.3 Å². The molecule has 0 aliphatic rings.